The van der Waals surface area contributed by atoms with Crippen LogP contribution in [0.2, 0.25) is 0 Å². The van der Waals surface area contributed by atoms with Gasteiger partial charge in [0.05, 0.1) is 6.61 Å². The maximum atomic E-state index is 11.7. The monoisotopic (exact) mass is 289 g/mol. The largest absolute Gasteiger partial charge is 0.383 e. The maximum absolute atomic E-state index is 11.7. The molecular weight excluding hydrogens is 262 g/mol. The van der Waals surface area contributed by atoms with E-state index < -0.39 is 0 Å². The molecule has 0 bridgehead atoms. The normalized spacial score (nSPS) is 19.6. The molecule has 1 aliphatic heterocycles. The molecule has 1 atom stereocenters. The number of thioether (sulfide) groups is 1. The average molecular weight is 289 g/mol. The number of nitrogens with one attached hydrogen (secondary N) is 2. The molecule has 0 spiro atoms. The summed E-state index contributed by atoms with van der Waals surface area (Å²) in [5.41, 5.74) is 0. The van der Waals surface area contributed by atoms with E-state index in [1.54, 1.807) is 7.11 Å². The van der Waals surface area contributed by atoms with E-state index in [1.165, 1.54) is 0 Å². The molecule has 112 valence electrons. The van der Waals surface area contributed by atoms with Crippen molar-refractivity contribution >= 4 is 17.7 Å². The number of likely N-dealkylation sites (N-methyl/N-ethyl adjacent to an activating group) is 1. The van der Waals surface area contributed by atoms with Crippen LogP contribution < -0.4 is 10.6 Å². The van der Waals surface area contributed by atoms with Crippen LogP contribution in [-0.2, 0) is 9.53 Å². The summed E-state index contributed by atoms with van der Waals surface area (Å²) < 4.78 is 5.02. The predicted molar refractivity (Wildman–Crippen MR) is 80.7 cm³/mol. The molecule has 1 unspecified atom stereocenters. The molecule has 1 fully saturated rings. The van der Waals surface area contributed by atoms with Crippen molar-refractivity contribution in [3.8, 4) is 0 Å². The van der Waals surface area contributed by atoms with E-state index in [0.29, 0.717) is 12.5 Å². The van der Waals surface area contributed by atoms with Gasteiger partial charge in [0.1, 0.15) is 0 Å². The highest BCUT2D eigenvalue weighted by atomic mass is 32.2. The Bertz CT molecular complexity index is 248. The average Bonchev–Trinajstić information content (AvgIpc) is 2.42. The Kier molecular flexibility index (Phi) is 9.24. The summed E-state index contributed by atoms with van der Waals surface area (Å²) in [7, 11) is 3.79. The second kappa shape index (κ2) is 10.5. The predicted octanol–water partition coefficient (Wildman–Crippen LogP) is 0.166. The summed E-state index contributed by atoms with van der Waals surface area (Å²) >= 11 is 1.92. The topological polar surface area (TPSA) is 53.6 Å². The van der Waals surface area contributed by atoms with Crippen LogP contribution in [0.4, 0.5) is 0 Å². The zero-order chi connectivity index (χ0) is 13.9. The van der Waals surface area contributed by atoms with Crippen LogP contribution in [0.3, 0.4) is 0 Å². The van der Waals surface area contributed by atoms with E-state index in [-0.39, 0.29) is 5.91 Å². The van der Waals surface area contributed by atoms with Gasteiger partial charge in [-0.3, -0.25) is 4.79 Å². The van der Waals surface area contributed by atoms with E-state index in [4.69, 9.17) is 4.74 Å². The third-order valence-electron chi connectivity index (χ3n) is 3.15. The second-order valence-electron chi connectivity index (χ2n) is 4.93. The number of hydrogen-bond donors (Lipinski definition) is 2. The Morgan fingerprint density at radius 3 is 3.05 bits per heavy atom. The van der Waals surface area contributed by atoms with E-state index >= 15 is 0 Å². The zero-order valence-electron chi connectivity index (χ0n) is 12.1. The van der Waals surface area contributed by atoms with Crippen LogP contribution in [-0.4, -0.2) is 75.3 Å². The molecule has 19 heavy (non-hydrogen) atoms. The summed E-state index contributed by atoms with van der Waals surface area (Å²) in [6.07, 6.45) is 1.59. The van der Waals surface area contributed by atoms with Gasteiger partial charge in [-0.2, -0.15) is 11.8 Å². The third kappa shape index (κ3) is 8.47. The zero-order valence-corrected chi connectivity index (χ0v) is 12.9. The van der Waals surface area contributed by atoms with Gasteiger partial charge < -0.3 is 20.3 Å². The summed E-state index contributed by atoms with van der Waals surface area (Å²) in [6.45, 7) is 4.46. The molecule has 1 heterocycles. The van der Waals surface area contributed by atoms with Gasteiger partial charge in [-0.25, -0.2) is 0 Å². The minimum absolute atomic E-state index is 0.166. The molecule has 0 aromatic carbocycles. The molecule has 1 rings (SSSR count). The Balaban J connectivity index is 1.97. The molecule has 0 aliphatic carbocycles. The number of carbonyl (C=O) groups excluding carboxylic acids is 1. The van der Waals surface area contributed by atoms with Crippen molar-refractivity contribution in [1.82, 2.24) is 15.5 Å². The molecule has 0 saturated carbocycles. The SMILES string of the molecule is COCCN(C)CCCNC(=O)CC1CSCCN1. The summed E-state index contributed by atoms with van der Waals surface area (Å²) in [5, 5.41) is 6.37. The Hall–Kier alpha value is -0.300. The first kappa shape index (κ1) is 16.8. The summed E-state index contributed by atoms with van der Waals surface area (Å²) in [4.78, 5) is 14.0. The van der Waals surface area contributed by atoms with Crippen molar-refractivity contribution < 1.29 is 9.53 Å². The highest BCUT2D eigenvalue weighted by Crippen LogP contribution is 2.09. The van der Waals surface area contributed by atoms with E-state index in [9.17, 15) is 4.79 Å². The number of hydrogen-bond acceptors (Lipinski definition) is 5. The van der Waals surface area contributed by atoms with Crippen molar-refractivity contribution in [2.75, 3.05) is 58.4 Å². The standard InChI is InChI=1S/C13H27N3O2S/c1-16(7-8-18-2)6-3-4-15-13(17)10-12-11-19-9-5-14-12/h12,14H,3-11H2,1-2H3,(H,15,17). The number of ether oxygens (including phenoxy) is 1. The van der Waals surface area contributed by atoms with Gasteiger partial charge in [-0.05, 0) is 20.0 Å². The van der Waals surface area contributed by atoms with Crippen molar-refractivity contribution in [1.29, 1.82) is 0 Å². The Morgan fingerprint density at radius 1 is 1.53 bits per heavy atom. The molecule has 2 N–H and O–H groups in total. The van der Waals surface area contributed by atoms with Gasteiger partial charge in [0.25, 0.3) is 0 Å². The minimum Gasteiger partial charge on any atom is -0.383 e. The van der Waals surface area contributed by atoms with Crippen LogP contribution in [0, 0.1) is 0 Å². The highest BCUT2D eigenvalue weighted by Gasteiger charge is 2.16. The van der Waals surface area contributed by atoms with Crippen LogP contribution in [0.15, 0.2) is 0 Å². The number of carbonyl (C=O) groups is 1. The molecule has 0 radical (unpaired) electrons. The summed E-state index contributed by atoms with van der Waals surface area (Å²) in [5.74, 6) is 2.37. The van der Waals surface area contributed by atoms with Crippen molar-refractivity contribution in [3.63, 3.8) is 0 Å². The smallest absolute Gasteiger partial charge is 0.221 e. The highest BCUT2D eigenvalue weighted by molar-refractivity contribution is 7.99. The van der Waals surface area contributed by atoms with Gasteiger partial charge in [-0.1, -0.05) is 0 Å². The molecule has 1 saturated heterocycles. The van der Waals surface area contributed by atoms with Crippen molar-refractivity contribution in [2.45, 2.75) is 18.9 Å². The van der Waals surface area contributed by atoms with Gasteiger partial charge in [0.2, 0.25) is 5.91 Å². The number of nitrogens with zero attached hydrogens (tertiary/aromatic N) is 1. The lowest BCUT2D eigenvalue weighted by molar-refractivity contribution is -0.121. The number of amides is 1. The summed E-state index contributed by atoms with van der Waals surface area (Å²) in [6, 6.07) is 0.350. The molecule has 6 heteroatoms. The lowest BCUT2D eigenvalue weighted by Gasteiger charge is -2.22. The molecule has 1 amide bonds. The first-order chi connectivity index (χ1) is 9.22. The maximum Gasteiger partial charge on any atom is 0.221 e. The first-order valence-corrected chi connectivity index (χ1v) is 8.13. The van der Waals surface area contributed by atoms with E-state index in [0.717, 1.165) is 50.7 Å². The Labute approximate surface area is 120 Å². The molecule has 0 aromatic rings. The fourth-order valence-electron chi connectivity index (χ4n) is 1.98. The van der Waals surface area contributed by atoms with Gasteiger partial charge in [-0.15, -0.1) is 0 Å². The quantitative estimate of drug-likeness (QED) is 0.593. The molecule has 5 nitrogen and oxygen atoms in total. The first-order valence-electron chi connectivity index (χ1n) is 6.97. The van der Waals surface area contributed by atoms with Gasteiger partial charge in [0, 0.05) is 50.7 Å². The molecule has 0 aromatic heterocycles. The second-order valence-corrected chi connectivity index (χ2v) is 6.08. The van der Waals surface area contributed by atoms with Gasteiger partial charge >= 0.3 is 0 Å². The van der Waals surface area contributed by atoms with Crippen molar-refractivity contribution in [3.05, 3.63) is 0 Å². The minimum atomic E-state index is 0.166. The van der Waals surface area contributed by atoms with Crippen LogP contribution >= 0.6 is 11.8 Å². The van der Waals surface area contributed by atoms with E-state index in [2.05, 4.69) is 22.6 Å². The van der Waals surface area contributed by atoms with Crippen molar-refractivity contribution in [2.24, 2.45) is 0 Å². The lowest BCUT2D eigenvalue weighted by Crippen LogP contribution is -2.41. The number of methoxy groups -OCH3 is 1. The fourth-order valence-corrected chi connectivity index (χ4v) is 2.93. The third-order valence-corrected chi connectivity index (χ3v) is 4.28. The van der Waals surface area contributed by atoms with E-state index in [1.807, 2.05) is 11.8 Å². The fraction of sp³-hybridized carbons (Fsp3) is 0.923. The Morgan fingerprint density at radius 2 is 2.37 bits per heavy atom. The van der Waals surface area contributed by atoms with Crippen LogP contribution in [0.5, 0.6) is 0 Å². The lowest BCUT2D eigenvalue weighted by atomic mass is 10.2. The molecule has 1 aliphatic rings. The molecular formula is C13H27N3O2S. The van der Waals surface area contributed by atoms with Gasteiger partial charge in [0.15, 0.2) is 0 Å². The van der Waals surface area contributed by atoms with Crippen LogP contribution in [0.25, 0.3) is 0 Å². The van der Waals surface area contributed by atoms with Crippen LogP contribution in [0.1, 0.15) is 12.8 Å². The number of rotatable bonds is 9.